The molecule has 114 valence electrons. The first-order chi connectivity index (χ1) is 9.48. The predicted octanol–water partition coefficient (Wildman–Crippen LogP) is 0.555. The van der Waals surface area contributed by atoms with Crippen LogP contribution < -0.4 is 4.90 Å². The minimum atomic E-state index is -3.32. The van der Waals surface area contributed by atoms with Gasteiger partial charge in [-0.2, -0.15) is 21.4 Å². The lowest BCUT2D eigenvalue weighted by molar-refractivity contribution is 0.334. The summed E-state index contributed by atoms with van der Waals surface area (Å²) in [5, 5.41) is 0.877. The molecule has 7 nitrogen and oxygen atoms in total. The minimum absolute atomic E-state index is 0.497. The Morgan fingerprint density at radius 3 is 2.25 bits per heavy atom. The summed E-state index contributed by atoms with van der Waals surface area (Å²) in [6, 6.07) is 0. The van der Waals surface area contributed by atoms with Crippen molar-refractivity contribution in [1.82, 2.24) is 18.0 Å². The monoisotopic (exact) mass is 319 g/mol. The number of hydrogen-bond donors (Lipinski definition) is 0. The van der Waals surface area contributed by atoms with Crippen LogP contribution in [0.3, 0.4) is 0 Å². The predicted molar refractivity (Wildman–Crippen MR) is 80.3 cm³/mol. The van der Waals surface area contributed by atoms with E-state index in [2.05, 4.69) is 14.3 Å². The number of aryl methyl sites for hydroxylation is 1. The molecule has 0 atom stereocenters. The van der Waals surface area contributed by atoms with Gasteiger partial charge in [-0.25, -0.2) is 4.98 Å². The molecule has 1 aromatic heterocycles. The molecule has 0 saturated carbocycles. The molecule has 9 heteroatoms. The van der Waals surface area contributed by atoms with Gasteiger partial charge in [0.2, 0.25) is 5.13 Å². The Morgan fingerprint density at radius 1 is 1.20 bits per heavy atom. The van der Waals surface area contributed by atoms with Crippen molar-refractivity contribution in [1.29, 1.82) is 0 Å². The fraction of sp³-hybridized carbons (Fsp3) is 0.818. The zero-order valence-electron chi connectivity index (χ0n) is 12.1. The van der Waals surface area contributed by atoms with Crippen molar-refractivity contribution < 1.29 is 8.42 Å². The van der Waals surface area contributed by atoms with Crippen molar-refractivity contribution in [2.24, 2.45) is 0 Å². The second-order valence-corrected chi connectivity index (χ2v) is 7.26. The van der Waals surface area contributed by atoms with Crippen LogP contribution in [0.1, 0.15) is 19.7 Å². The third kappa shape index (κ3) is 3.11. The molecule has 20 heavy (non-hydrogen) atoms. The van der Waals surface area contributed by atoms with Gasteiger partial charge in [0.25, 0.3) is 10.2 Å². The topological polar surface area (TPSA) is 69.6 Å². The molecule has 1 aliphatic rings. The minimum Gasteiger partial charge on any atom is -0.344 e. The van der Waals surface area contributed by atoms with E-state index in [1.807, 2.05) is 20.8 Å². The number of rotatable bonds is 5. The van der Waals surface area contributed by atoms with E-state index in [0.29, 0.717) is 39.3 Å². The van der Waals surface area contributed by atoms with Crippen LogP contribution in [0.2, 0.25) is 0 Å². The standard InChI is InChI=1S/C11H21N5O2S2/c1-4-15(5-2)20(17,18)16-8-6-14(7-9-16)11-12-10(3)13-19-11/h4-9H2,1-3H3. The van der Waals surface area contributed by atoms with E-state index >= 15 is 0 Å². The van der Waals surface area contributed by atoms with Gasteiger partial charge in [0, 0.05) is 50.8 Å². The maximum Gasteiger partial charge on any atom is 0.282 e. The second kappa shape index (κ2) is 6.33. The highest BCUT2D eigenvalue weighted by Crippen LogP contribution is 2.20. The number of hydrogen-bond acceptors (Lipinski definition) is 6. The molecule has 1 saturated heterocycles. The maximum atomic E-state index is 12.4. The third-order valence-electron chi connectivity index (χ3n) is 3.38. The van der Waals surface area contributed by atoms with Crippen LogP contribution in [0.4, 0.5) is 5.13 Å². The summed E-state index contributed by atoms with van der Waals surface area (Å²) in [7, 11) is -3.32. The van der Waals surface area contributed by atoms with E-state index in [9.17, 15) is 8.42 Å². The number of aromatic nitrogens is 2. The smallest absolute Gasteiger partial charge is 0.282 e. The average Bonchev–Trinajstić information content (AvgIpc) is 2.87. The van der Waals surface area contributed by atoms with E-state index < -0.39 is 10.2 Å². The maximum absolute atomic E-state index is 12.4. The molecule has 1 fully saturated rings. The Kier molecular flexibility index (Phi) is 4.95. The van der Waals surface area contributed by atoms with Gasteiger partial charge in [-0.1, -0.05) is 13.8 Å². The molecular formula is C11H21N5O2S2. The van der Waals surface area contributed by atoms with E-state index in [4.69, 9.17) is 0 Å². The molecule has 0 N–H and O–H groups in total. The van der Waals surface area contributed by atoms with Crippen LogP contribution in [-0.2, 0) is 10.2 Å². The van der Waals surface area contributed by atoms with Gasteiger partial charge in [0.1, 0.15) is 5.82 Å². The lowest BCUT2D eigenvalue weighted by Crippen LogP contribution is -2.53. The van der Waals surface area contributed by atoms with Gasteiger partial charge in [0.05, 0.1) is 0 Å². The van der Waals surface area contributed by atoms with Crippen molar-refractivity contribution in [2.45, 2.75) is 20.8 Å². The molecule has 1 aromatic rings. The Morgan fingerprint density at radius 2 is 1.80 bits per heavy atom. The number of nitrogens with zero attached hydrogens (tertiary/aromatic N) is 5. The quantitative estimate of drug-likeness (QED) is 0.793. The molecule has 0 bridgehead atoms. The van der Waals surface area contributed by atoms with Gasteiger partial charge in [0.15, 0.2) is 0 Å². The molecule has 2 rings (SSSR count). The lowest BCUT2D eigenvalue weighted by atomic mass is 10.4. The van der Waals surface area contributed by atoms with Gasteiger partial charge in [-0.05, 0) is 6.92 Å². The van der Waals surface area contributed by atoms with Crippen molar-refractivity contribution in [2.75, 3.05) is 44.2 Å². The molecule has 0 aromatic carbocycles. The Bertz CT molecular complexity index is 533. The van der Waals surface area contributed by atoms with E-state index in [-0.39, 0.29) is 0 Å². The first-order valence-electron chi connectivity index (χ1n) is 6.79. The zero-order valence-corrected chi connectivity index (χ0v) is 13.7. The second-order valence-electron chi connectivity index (χ2n) is 4.60. The SMILES string of the molecule is CCN(CC)S(=O)(=O)N1CCN(c2nc(C)ns2)CC1. The van der Waals surface area contributed by atoms with Crippen LogP contribution in [0, 0.1) is 6.92 Å². The summed E-state index contributed by atoms with van der Waals surface area (Å²) in [5.74, 6) is 0.767. The normalized spacial score (nSPS) is 17.9. The van der Waals surface area contributed by atoms with Crippen molar-refractivity contribution in [3.63, 3.8) is 0 Å². The highest BCUT2D eigenvalue weighted by Gasteiger charge is 2.31. The van der Waals surface area contributed by atoms with Gasteiger partial charge < -0.3 is 4.90 Å². The third-order valence-corrected chi connectivity index (χ3v) is 6.44. The Balaban J connectivity index is 2.00. The Hall–Kier alpha value is -0.770. The summed E-state index contributed by atoms with van der Waals surface area (Å²) in [6.45, 7) is 8.92. The van der Waals surface area contributed by atoms with Crippen LogP contribution in [0.15, 0.2) is 0 Å². The molecule has 0 radical (unpaired) electrons. The van der Waals surface area contributed by atoms with E-state index in [0.717, 1.165) is 11.0 Å². The summed E-state index contributed by atoms with van der Waals surface area (Å²) < 4.78 is 32.0. The number of anilines is 1. The zero-order chi connectivity index (χ0) is 14.8. The lowest BCUT2D eigenvalue weighted by Gasteiger charge is -2.35. The van der Waals surface area contributed by atoms with E-state index in [1.165, 1.54) is 15.8 Å². The fourth-order valence-corrected chi connectivity index (χ4v) is 4.57. The van der Waals surface area contributed by atoms with Crippen LogP contribution in [0.25, 0.3) is 0 Å². The summed E-state index contributed by atoms with van der Waals surface area (Å²) >= 11 is 1.37. The Labute approximate surface area is 124 Å². The first-order valence-corrected chi connectivity index (χ1v) is 8.96. The van der Waals surface area contributed by atoms with E-state index in [1.54, 1.807) is 4.31 Å². The summed E-state index contributed by atoms with van der Waals surface area (Å²) in [6.07, 6.45) is 0. The molecule has 0 unspecified atom stereocenters. The fourth-order valence-electron chi connectivity index (χ4n) is 2.24. The van der Waals surface area contributed by atoms with Crippen LogP contribution in [0.5, 0.6) is 0 Å². The van der Waals surface area contributed by atoms with Crippen LogP contribution in [-0.4, -0.2) is 65.7 Å². The largest absolute Gasteiger partial charge is 0.344 e. The molecule has 1 aliphatic heterocycles. The first kappa shape index (κ1) is 15.6. The summed E-state index contributed by atoms with van der Waals surface area (Å²) in [4.78, 5) is 6.44. The van der Waals surface area contributed by atoms with Crippen molar-refractivity contribution >= 4 is 26.9 Å². The van der Waals surface area contributed by atoms with Gasteiger partial charge in [-0.3, -0.25) is 0 Å². The molecule has 0 spiro atoms. The molecule has 2 heterocycles. The van der Waals surface area contributed by atoms with Crippen molar-refractivity contribution in [3.8, 4) is 0 Å². The van der Waals surface area contributed by atoms with Gasteiger partial charge >= 0.3 is 0 Å². The summed E-state index contributed by atoms with van der Waals surface area (Å²) in [5.41, 5.74) is 0. The molecular weight excluding hydrogens is 298 g/mol. The van der Waals surface area contributed by atoms with Crippen LogP contribution >= 0.6 is 11.5 Å². The molecule has 0 aliphatic carbocycles. The average molecular weight is 319 g/mol. The van der Waals surface area contributed by atoms with Crippen molar-refractivity contribution in [3.05, 3.63) is 5.82 Å². The molecule has 0 amide bonds. The highest BCUT2D eigenvalue weighted by molar-refractivity contribution is 7.86. The highest BCUT2D eigenvalue weighted by atomic mass is 32.2. The van der Waals surface area contributed by atoms with Gasteiger partial charge in [-0.15, -0.1) is 0 Å². The number of piperazine rings is 1.